The summed E-state index contributed by atoms with van der Waals surface area (Å²) in [4.78, 5) is 0. The van der Waals surface area contributed by atoms with Gasteiger partial charge in [0.15, 0.2) is 0 Å². The summed E-state index contributed by atoms with van der Waals surface area (Å²) in [6.45, 7) is 0. The molecule has 0 atom stereocenters. The van der Waals surface area contributed by atoms with Gasteiger partial charge in [0.05, 0.1) is 0 Å². The first kappa shape index (κ1) is 5.33. The first-order valence-electron chi connectivity index (χ1n) is 1.82. The van der Waals surface area contributed by atoms with E-state index in [4.69, 9.17) is 4.12 Å². The van der Waals surface area contributed by atoms with Gasteiger partial charge < -0.3 is 0 Å². The van der Waals surface area contributed by atoms with E-state index in [1.807, 2.05) is 0 Å². The van der Waals surface area contributed by atoms with E-state index in [0.717, 1.165) is 19.5 Å². The fourth-order valence-electron chi connectivity index (χ4n) is 0.288. The summed E-state index contributed by atoms with van der Waals surface area (Å²) < 4.78 is 8.13. The fourth-order valence-corrected chi connectivity index (χ4v) is 10.6. The zero-order chi connectivity index (χ0) is 4.24. The summed E-state index contributed by atoms with van der Waals surface area (Å²) >= 11 is 0.186. The molecule has 1 nitrogen and oxygen atoms in total. The number of rotatable bonds is 0. The molecular weight excluding hydrogens is 215 g/mol. The van der Waals surface area contributed by atoms with Gasteiger partial charge in [-0.15, -0.1) is 0 Å². The molecule has 1 heterocycles. The van der Waals surface area contributed by atoms with Gasteiger partial charge in [-0.05, 0) is 0 Å². The van der Waals surface area contributed by atoms with Gasteiger partial charge in [0.2, 0.25) is 0 Å². The van der Waals surface area contributed by atoms with Crippen LogP contribution in [-0.4, -0.2) is 40.7 Å². The van der Waals surface area contributed by atoms with Crippen molar-refractivity contribution in [3.63, 3.8) is 0 Å². The van der Waals surface area contributed by atoms with Crippen molar-refractivity contribution in [1.82, 2.24) is 0 Å². The Morgan fingerprint density at radius 1 is 1.33 bits per heavy atom. The summed E-state index contributed by atoms with van der Waals surface area (Å²) in [5, 5.41) is 0. The van der Waals surface area contributed by atoms with Crippen molar-refractivity contribution in [3.8, 4) is 0 Å². The van der Waals surface area contributed by atoms with Crippen molar-refractivity contribution in [1.29, 1.82) is 0 Å². The van der Waals surface area contributed by atoms with E-state index in [1.54, 1.807) is 0 Å². The van der Waals surface area contributed by atoms with Gasteiger partial charge in [0, 0.05) is 0 Å². The summed E-state index contributed by atoms with van der Waals surface area (Å²) in [6.07, 6.45) is 0. The van der Waals surface area contributed by atoms with Crippen LogP contribution >= 0.6 is 0 Å². The molecule has 0 aromatic carbocycles. The van der Waals surface area contributed by atoms with Crippen LogP contribution in [0.3, 0.4) is 0 Å². The van der Waals surface area contributed by atoms with Crippen molar-refractivity contribution in [2.24, 2.45) is 0 Å². The minimum absolute atomic E-state index is 0.186. The Morgan fingerprint density at radius 3 is 2.17 bits per heavy atom. The Bertz CT molecular complexity index is 27.0. The van der Waals surface area contributed by atoms with Gasteiger partial charge in [-0.1, -0.05) is 0 Å². The molecular formula is C2H4OSi2Sn. The maximum atomic E-state index is 5.17. The average molecular weight is 219 g/mol. The molecule has 0 aliphatic carbocycles. The number of hydrogen-bond acceptors (Lipinski definition) is 1. The molecule has 1 aliphatic heterocycles. The standard InChI is InChI=1S/C2H4OSi2.Sn/c1-4-3-5-2;/h1-2H2;. The van der Waals surface area contributed by atoms with Crippen LogP contribution in [0, 0.1) is 0 Å². The molecule has 0 aromatic heterocycles. The molecule has 1 aliphatic rings. The third-order valence-corrected chi connectivity index (χ3v) is 9.23. The van der Waals surface area contributed by atoms with Crippen molar-refractivity contribution in [3.05, 3.63) is 0 Å². The summed E-state index contributed by atoms with van der Waals surface area (Å²) in [7, 11) is 1.78. The molecule has 0 N–H and O–H groups in total. The first-order chi connectivity index (χ1) is 3.00. The molecule has 0 spiro atoms. The third kappa shape index (κ3) is 1.76. The first-order valence-corrected chi connectivity index (χ1v) is 8.09. The predicted molar refractivity (Wildman–Crippen MR) is 28.0 cm³/mol. The molecule has 4 heteroatoms. The van der Waals surface area contributed by atoms with Crippen LogP contribution in [-0.2, 0) is 4.12 Å². The zero-order valence-corrected chi connectivity index (χ0v) is 8.18. The van der Waals surface area contributed by atoms with Crippen molar-refractivity contribution < 1.29 is 4.12 Å². The summed E-state index contributed by atoms with van der Waals surface area (Å²) in [5.74, 6) is 0. The second kappa shape index (κ2) is 3.23. The van der Waals surface area contributed by atoms with Crippen LogP contribution in [0.1, 0.15) is 0 Å². The molecule has 30 valence electrons. The molecule has 6 heavy (non-hydrogen) atoms. The molecule has 0 bridgehead atoms. The Kier molecular flexibility index (Phi) is 2.87. The van der Waals surface area contributed by atoms with Crippen LogP contribution in [0.2, 0.25) is 8.12 Å². The molecule has 0 saturated carbocycles. The topological polar surface area (TPSA) is 9.23 Å². The van der Waals surface area contributed by atoms with E-state index in [9.17, 15) is 0 Å². The van der Waals surface area contributed by atoms with Crippen LogP contribution in [0.4, 0.5) is 0 Å². The molecule has 1 fully saturated rings. The fraction of sp³-hybridized carbons (Fsp3) is 1.00. The van der Waals surface area contributed by atoms with Gasteiger partial charge >= 0.3 is 52.9 Å². The van der Waals surface area contributed by atoms with Gasteiger partial charge in [0.1, 0.15) is 0 Å². The average Bonchev–Trinajstić information content (AvgIpc) is 1.72. The van der Waals surface area contributed by atoms with Crippen LogP contribution in [0.25, 0.3) is 0 Å². The second-order valence-electron chi connectivity index (χ2n) is 0.994. The van der Waals surface area contributed by atoms with Gasteiger partial charge in [-0.3, -0.25) is 0 Å². The third-order valence-electron chi connectivity index (χ3n) is 0.539. The van der Waals surface area contributed by atoms with Crippen molar-refractivity contribution >= 4 is 40.7 Å². The van der Waals surface area contributed by atoms with Crippen LogP contribution < -0.4 is 0 Å². The minimum atomic E-state index is 0.186. The molecule has 0 unspecified atom stereocenters. The zero-order valence-electron chi connectivity index (χ0n) is 3.32. The second-order valence-corrected chi connectivity index (χ2v) is 10.6. The Balaban J connectivity index is 2.00. The van der Waals surface area contributed by atoms with Gasteiger partial charge in [0.25, 0.3) is 0 Å². The Morgan fingerprint density at radius 2 is 2.00 bits per heavy atom. The quantitative estimate of drug-likeness (QED) is 0.508. The van der Waals surface area contributed by atoms with E-state index < -0.39 is 0 Å². The normalized spacial score (nSPS) is 24.0. The van der Waals surface area contributed by atoms with E-state index >= 15 is 0 Å². The maximum absolute atomic E-state index is 5.17. The van der Waals surface area contributed by atoms with Gasteiger partial charge in [-0.2, -0.15) is 0 Å². The van der Waals surface area contributed by atoms with Crippen LogP contribution in [0.5, 0.6) is 0 Å². The van der Waals surface area contributed by atoms with Gasteiger partial charge in [-0.25, -0.2) is 0 Å². The van der Waals surface area contributed by atoms with Crippen molar-refractivity contribution in [2.75, 3.05) is 0 Å². The predicted octanol–water partition coefficient (Wildman–Crippen LogP) is -0.289. The monoisotopic (exact) mass is 220 g/mol. The number of hydrogen-bond donors (Lipinski definition) is 0. The molecule has 0 amide bonds. The van der Waals surface area contributed by atoms with E-state index in [2.05, 4.69) is 0 Å². The molecule has 0 aromatic rings. The Hall–Kier alpha value is 1.19. The molecule has 1 saturated heterocycles. The van der Waals surface area contributed by atoms with E-state index in [0.29, 0.717) is 0 Å². The summed E-state index contributed by atoms with van der Waals surface area (Å²) in [6, 6.07) is 0. The SMILES string of the molecule is [CH2]1[Si]O[Si][CH2][Sn]1. The van der Waals surface area contributed by atoms with Crippen LogP contribution in [0.15, 0.2) is 0 Å². The molecule has 1 rings (SSSR count). The van der Waals surface area contributed by atoms with Crippen molar-refractivity contribution in [2.45, 2.75) is 8.12 Å². The Labute approximate surface area is 53.0 Å². The molecule has 6 radical (unpaired) electrons. The van der Waals surface area contributed by atoms with E-state index in [-0.39, 0.29) is 21.1 Å². The summed E-state index contributed by atoms with van der Waals surface area (Å²) in [5.41, 5.74) is 0. The van der Waals surface area contributed by atoms with E-state index in [1.165, 1.54) is 8.12 Å².